The molecule has 10 heteroatoms. The van der Waals surface area contributed by atoms with Crippen molar-refractivity contribution in [3.63, 3.8) is 0 Å². The topological polar surface area (TPSA) is 125 Å². The van der Waals surface area contributed by atoms with Gasteiger partial charge >= 0.3 is 0 Å². The molecular weight excluding hydrogens is 412 g/mol. The zero-order valence-corrected chi connectivity index (χ0v) is 17.4. The molecule has 166 valence electrons. The first kappa shape index (κ1) is 21.4. The Labute approximate surface area is 185 Å². The number of amides is 4. The van der Waals surface area contributed by atoms with Crippen LogP contribution in [0.4, 0.5) is 0 Å². The minimum atomic E-state index is -0.938. The molecule has 4 rings (SSSR count). The van der Waals surface area contributed by atoms with Crippen molar-refractivity contribution in [3.8, 4) is 0 Å². The van der Waals surface area contributed by atoms with E-state index >= 15 is 0 Å². The van der Waals surface area contributed by atoms with Crippen LogP contribution in [-0.4, -0.2) is 81.7 Å². The molecule has 10 nitrogen and oxygen atoms in total. The van der Waals surface area contributed by atoms with Gasteiger partial charge in [0, 0.05) is 44.4 Å². The molecule has 0 spiro atoms. The lowest BCUT2D eigenvalue weighted by molar-refractivity contribution is -0.133. The molecule has 2 fully saturated rings. The molecule has 0 aliphatic carbocycles. The summed E-state index contributed by atoms with van der Waals surface area (Å²) in [5.74, 6) is -1.32. The number of hydrogen-bond donors (Lipinski definition) is 2. The van der Waals surface area contributed by atoms with Crippen LogP contribution in [-0.2, 0) is 9.59 Å². The Hall–Kier alpha value is -3.82. The summed E-state index contributed by atoms with van der Waals surface area (Å²) in [4.78, 5) is 62.3. The van der Waals surface area contributed by atoms with E-state index in [9.17, 15) is 19.2 Å². The van der Waals surface area contributed by atoms with Gasteiger partial charge in [-0.25, -0.2) is 0 Å². The number of carbonyl (C=O) groups is 4. The highest BCUT2D eigenvalue weighted by Crippen LogP contribution is 2.17. The second-order valence-electron chi connectivity index (χ2n) is 7.74. The first-order chi connectivity index (χ1) is 15.5. The van der Waals surface area contributed by atoms with Crippen molar-refractivity contribution in [2.75, 3.05) is 26.2 Å². The third-order valence-electron chi connectivity index (χ3n) is 5.65. The van der Waals surface area contributed by atoms with E-state index in [0.29, 0.717) is 24.1 Å². The van der Waals surface area contributed by atoms with Gasteiger partial charge < -0.3 is 20.4 Å². The third-order valence-corrected chi connectivity index (χ3v) is 5.65. The smallest absolute Gasteiger partial charge is 0.256 e. The predicted octanol–water partition coefficient (Wildman–Crippen LogP) is -0.162. The molecule has 0 radical (unpaired) electrons. The van der Waals surface area contributed by atoms with Crippen LogP contribution in [0.3, 0.4) is 0 Å². The standard InChI is InChI=1S/C22H24N6O4/c29-19-17(6-3-9-25-19)26-20(30)18-14-27(21(31)15-4-1-7-23-12-15)10-11-28(18)22(32)16-5-2-8-24-13-16/h1-2,4-5,7-8,12-13,17-18H,3,6,9-11,14H2,(H,25,29)(H,26,30). The lowest BCUT2D eigenvalue weighted by Crippen LogP contribution is -2.63. The second-order valence-corrected chi connectivity index (χ2v) is 7.74. The Kier molecular flexibility index (Phi) is 6.39. The van der Waals surface area contributed by atoms with E-state index in [4.69, 9.17) is 0 Å². The zero-order valence-electron chi connectivity index (χ0n) is 17.4. The van der Waals surface area contributed by atoms with Crippen LogP contribution in [0.25, 0.3) is 0 Å². The third kappa shape index (κ3) is 4.58. The van der Waals surface area contributed by atoms with Crippen molar-refractivity contribution in [1.29, 1.82) is 0 Å². The van der Waals surface area contributed by atoms with Crippen molar-refractivity contribution in [3.05, 3.63) is 60.2 Å². The highest BCUT2D eigenvalue weighted by molar-refractivity contribution is 6.00. The van der Waals surface area contributed by atoms with Crippen molar-refractivity contribution in [1.82, 2.24) is 30.4 Å². The maximum atomic E-state index is 13.2. The Morgan fingerprint density at radius 1 is 1.00 bits per heavy atom. The van der Waals surface area contributed by atoms with Crippen LogP contribution in [0.1, 0.15) is 33.6 Å². The molecule has 0 aromatic carbocycles. The Bertz CT molecular complexity index is 1000. The molecule has 2 atom stereocenters. The summed E-state index contributed by atoms with van der Waals surface area (Å²) >= 11 is 0. The predicted molar refractivity (Wildman–Crippen MR) is 113 cm³/mol. The maximum Gasteiger partial charge on any atom is 0.256 e. The van der Waals surface area contributed by atoms with Crippen LogP contribution in [0.5, 0.6) is 0 Å². The number of nitrogens with zero attached hydrogens (tertiary/aromatic N) is 4. The molecule has 2 saturated heterocycles. The second kappa shape index (κ2) is 9.54. The number of carbonyl (C=O) groups excluding carboxylic acids is 4. The van der Waals surface area contributed by atoms with Crippen molar-refractivity contribution in [2.24, 2.45) is 0 Å². The Morgan fingerprint density at radius 3 is 2.31 bits per heavy atom. The number of nitrogens with one attached hydrogen (secondary N) is 2. The van der Waals surface area contributed by atoms with Gasteiger partial charge in [-0.15, -0.1) is 0 Å². The normalized spacial score (nSPS) is 20.9. The van der Waals surface area contributed by atoms with E-state index in [1.807, 2.05) is 0 Å². The first-order valence-electron chi connectivity index (χ1n) is 10.5. The van der Waals surface area contributed by atoms with Gasteiger partial charge in [-0.3, -0.25) is 29.1 Å². The van der Waals surface area contributed by atoms with Gasteiger partial charge in [-0.2, -0.15) is 0 Å². The van der Waals surface area contributed by atoms with Gasteiger partial charge in [0.15, 0.2) is 0 Å². The number of piperazine rings is 1. The van der Waals surface area contributed by atoms with Crippen LogP contribution in [0, 0.1) is 0 Å². The van der Waals surface area contributed by atoms with Gasteiger partial charge in [0.1, 0.15) is 12.1 Å². The first-order valence-corrected chi connectivity index (χ1v) is 10.5. The number of aromatic nitrogens is 2. The molecule has 2 aromatic rings. The number of piperidine rings is 1. The van der Waals surface area contributed by atoms with E-state index in [2.05, 4.69) is 20.6 Å². The molecule has 0 saturated carbocycles. The minimum absolute atomic E-state index is 0.0138. The van der Waals surface area contributed by atoms with Crippen molar-refractivity contribution >= 4 is 23.6 Å². The summed E-state index contributed by atoms with van der Waals surface area (Å²) in [7, 11) is 0. The fourth-order valence-corrected chi connectivity index (χ4v) is 3.94. The van der Waals surface area contributed by atoms with Gasteiger partial charge in [-0.05, 0) is 37.1 Å². The summed E-state index contributed by atoms with van der Waals surface area (Å²) in [6.07, 6.45) is 7.33. The fraction of sp³-hybridized carbons (Fsp3) is 0.364. The number of rotatable bonds is 4. The van der Waals surface area contributed by atoms with Gasteiger partial charge in [0.2, 0.25) is 11.8 Å². The summed E-state index contributed by atoms with van der Waals surface area (Å²) in [6, 6.07) is 5.01. The zero-order chi connectivity index (χ0) is 22.5. The quantitative estimate of drug-likeness (QED) is 0.686. The van der Waals surface area contributed by atoms with Crippen LogP contribution in [0.2, 0.25) is 0 Å². The van der Waals surface area contributed by atoms with Crippen molar-refractivity contribution < 1.29 is 19.2 Å². The van der Waals surface area contributed by atoms with Gasteiger partial charge in [0.25, 0.3) is 11.8 Å². The van der Waals surface area contributed by atoms with E-state index in [-0.39, 0.29) is 37.4 Å². The fourth-order valence-electron chi connectivity index (χ4n) is 3.94. The largest absolute Gasteiger partial charge is 0.354 e. The minimum Gasteiger partial charge on any atom is -0.354 e. The molecule has 32 heavy (non-hydrogen) atoms. The van der Waals surface area contributed by atoms with Gasteiger partial charge in [0.05, 0.1) is 17.7 Å². The molecular formula is C22H24N6O4. The van der Waals surface area contributed by atoms with Crippen molar-refractivity contribution in [2.45, 2.75) is 24.9 Å². The molecule has 2 aliphatic rings. The Morgan fingerprint density at radius 2 is 1.69 bits per heavy atom. The maximum absolute atomic E-state index is 13.2. The summed E-state index contributed by atoms with van der Waals surface area (Å²) in [5, 5.41) is 5.50. The molecule has 4 heterocycles. The van der Waals surface area contributed by atoms with E-state index in [1.54, 1.807) is 36.7 Å². The average molecular weight is 436 g/mol. The highest BCUT2D eigenvalue weighted by atomic mass is 16.2. The molecule has 2 N–H and O–H groups in total. The number of pyridine rings is 2. The SMILES string of the molecule is O=C1NCCCC1NC(=O)C1CN(C(=O)c2cccnc2)CCN1C(=O)c1cccnc1. The summed E-state index contributed by atoms with van der Waals surface area (Å²) in [5.41, 5.74) is 0.762. The van der Waals surface area contributed by atoms with Gasteiger partial charge in [-0.1, -0.05) is 0 Å². The Balaban J connectivity index is 1.56. The van der Waals surface area contributed by atoms with E-state index in [1.165, 1.54) is 22.2 Å². The van der Waals surface area contributed by atoms with Crippen LogP contribution >= 0.6 is 0 Å². The van der Waals surface area contributed by atoms with Crippen LogP contribution in [0.15, 0.2) is 49.1 Å². The average Bonchev–Trinajstić information content (AvgIpc) is 2.85. The van der Waals surface area contributed by atoms with E-state index in [0.717, 1.165) is 6.42 Å². The molecule has 2 unspecified atom stereocenters. The molecule has 2 aliphatic heterocycles. The molecule has 0 bridgehead atoms. The lowest BCUT2D eigenvalue weighted by Gasteiger charge is -2.41. The van der Waals surface area contributed by atoms with E-state index < -0.39 is 18.0 Å². The molecule has 2 aromatic heterocycles. The van der Waals surface area contributed by atoms with Crippen LogP contribution < -0.4 is 10.6 Å². The summed E-state index contributed by atoms with van der Waals surface area (Å²) in [6.45, 7) is 1.04. The lowest BCUT2D eigenvalue weighted by atomic mass is 10.0. The molecule has 4 amide bonds. The highest BCUT2D eigenvalue weighted by Gasteiger charge is 2.39. The number of hydrogen-bond acceptors (Lipinski definition) is 6. The monoisotopic (exact) mass is 436 g/mol. The summed E-state index contributed by atoms with van der Waals surface area (Å²) < 4.78 is 0.